The third kappa shape index (κ3) is 3.28. The Balaban J connectivity index is 3.01. The van der Waals surface area contributed by atoms with Crippen molar-refractivity contribution in [3.63, 3.8) is 0 Å². The Labute approximate surface area is 96.4 Å². The van der Waals surface area contributed by atoms with E-state index >= 15 is 0 Å². The topological polar surface area (TPSA) is 33.1 Å². The van der Waals surface area contributed by atoms with Gasteiger partial charge in [-0.15, -0.1) is 11.3 Å². The Hall–Kier alpha value is -0.410. The van der Waals surface area contributed by atoms with Crippen molar-refractivity contribution in [2.45, 2.75) is 53.1 Å². The number of aliphatic hydroxyl groups is 1. The fraction of sp³-hybridized carbons (Fsp3) is 0.750. The first-order valence-electron chi connectivity index (χ1n) is 5.56. The van der Waals surface area contributed by atoms with Crippen molar-refractivity contribution < 1.29 is 5.11 Å². The molecule has 0 fully saturated rings. The SMILES string of the molecule is CCc1nc(CC(C)C)sc1C(C)(C)O. The average Bonchev–Trinajstić information content (AvgIpc) is 2.45. The van der Waals surface area contributed by atoms with Gasteiger partial charge in [0.2, 0.25) is 0 Å². The zero-order valence-electron chi connectivity index (χ0n) is 10.3. The molecule has 0 saturated carbocycles. The Kier molecular flexibility index (Phi) is 3.90. The molecule has 3 heteroatoms. The van der Waals surface area contributed by atoms with E-state index in [0.717, 1.165) is 28.4 Å². The van der Waals surface area contributed by atoms with Crippen molar-refractivity contribution >= 4 is 11.3 Å². The monoisotopic (exact) mass is 227 g/mol. The van der Waals surface area contributed by atoms with Crippen LogP contribution in [0.15, 0.2) is 0 Å². The van der Waals surface area contributed by atoms with Crippen LogP contribution in [0.5, 0.6) is 0 Å². The van der Waals surface area contributed by atoms with Gasteiger partial charge in [0.05, 0.1) is 21.2 Å². The molecule has 1 heterocycles. The molecule has 0 atom stereocenters. The largest absolute Gasteiger partial charge is 0.385 e. The third-order valence-electron chi connectivity index (χ3n) is 2.22. The van der Waals surface area contributed by atoms with Crippen LogP contribution >= 0.6 is 11.3 Å². The molecule has 1 rings (SSSR count). The molecule has 0 saturated heterocycles. The minimum Gasteiger partial charge on any atom is -0.385 e. The van der Waals surface area contributed by atoms with Crippen LogP contribution < -0.4 is 0 Å². The molecule has 2 nitrogen and oxygen atoms in total. The second kappa shape index (κ2) is 4.62. The fourth-order valence-electron chi connectivity index (χ4n) is 1.55. The lowest BCUT2D eigenvalue weighted by Crippen LogP contribution is -2.15. The molecule has 0 aliphatic rings. The lowest BCUT2D eigenvalue weighted by Gasteiger charge is -2.15. The normalized spacial score (nSPS) is 12.5. The van der Waals surface area contributed by atoms with Crippen molar-refractivity contribution in [1.29, 1.82) is 0 Å². The quantitative estimate of drug-likeness (QED) is 0.857. The molecule has 0 spiro atoms. The molecule has 0 aliphatic heterocycles. The third-order valence-corrected chi connectivity index (χ3v) is 3.65. The predicted molar refractivity (Wildman–Crippen MR) is 65.3 cm³/mol. The minimum atomic E-state index is -0.752. The summed E-state index contributed by atoms with van der Waals surface area (Å²) in [4.78, 5) is 5.62. The lowest BCUT2D eigenvalue weighted by atomic mass is 10.1. The van der Waals surface area contributed by atoms with Crippen molar-refractivity contribution in [1.82, 2.24) is 4.98 Å². The van der Waals surface area contributed by atoms with Crippen molar-refractivity contribution in [3.8, 4) is 0 Å². The number of hydrogen-bond acceptors (Lipinski definition) is 3. The second-order valence-electron chi connectivity index (χ2n) is 4.89. The number of nitrogens with zero attached hydrogens (tertiary/aromatic N) is 1. The van der Waals surface area contributed by atoms with Crippen molar-refractivity contribution in [2.24, 2.45) is 5.92 Å². The van der Waals surface area contributed by atoms with Crippen LogP contribution in [0.3, 0.4) is 0 Å². The highest BCUT2D eigenvalue weighted by Crippen LogP contribution is 2.31. The highest BCUT2D eigenvalue weighted by Gasteiger charge is 2.24. The highest BCUT2D eigenvalue weighted by molar-refractivity contribution is 7.11. The van der Waals surface area contributed by atoms with Crippen LogP contribution in [0.2, 0.25) is 0 Å². The van der Waals surface area contributed by atoms with E-state index in [1.807, 2.05) is 13.8 Å². The summed E-state index contributed by atoms with van der Waals surface area (Å²) in [6.45, 7) is 10.1. The van der Waals surface area contributed by atoms with Crippen LogP contribution in [-0.4, -0.2) is 10.1 Å². The molecule has 0 unspecified atom stereocenters. The Bertz CT molecular complexity index is 323. The maximum atomic E-state index is 10.0. The van der Waals surface area contributed by atoms with Crippen LogP contribution in [-0.2, 0) is 18.4 Å². The number of aryl methyl sites for hydroxylation is 1. The summed E-state index contributed by atoms with van der Waals surface area (Å²) in [6, 6.07) is 0. The standard InChI is InChI=1S/C12H21NOS/c1-6-9-11(12(4,5)14)15-10(13-9)7-8(2)3/h8,14H,6-7H2,1-5H3. The van der Waals surface area contributed by atoms with Crippen LogP contribution in [0.4, 0.5) is 0 Å². The molecule has 0 amide bonds. The Morgan fingerprint density at radius 3 is 2.33 bits per heavy atom. The summed E-state index contributed by atoms with van der Waals surface area (Å²) in [6.07, 6.45) is 1.90. The fourth-order valence-corrected chi connectivity index (χ4v) is 2.92. The maximum absolute atomic E-state index is 10.0. The van der Waals surface area contributed by atoms with Gasteiger partial charge in [0.1, 0.15) is 0 Å². The van der Waals surface area contributed by atoms with E-state index in [0.29, 0.717) is 5.92 Å². The Morgan fingerprint density at radius 2 is 2.00 bits per heavy atom. The van der Waals surface area contributed by atoms with Crippen molar-refractivity contribution in [2.75, 3.05) is 0 Å². The number of hydrogen-bond donors (Lipinski definition) is 1. The summed E-state index contributed by atoms with van der Waals surface area (Å²) in [5, 5.41) is 11.2. The molecule has 1 aromatic rings. The van der Waals surface area contributed by atoms with Gasteiger partial charge in [-0.05, 0) is 26.2 Å². The minimum absolute atomic E-state index is 0.621. The summed E-state index contributed by atoms with van der Waals surface area (Å²) >= 11 is 1.66. The van der Waals surface area contributed by atoms with Crippen molar-refractivity contribution in [3.05, 3.63) is 15.6 Å². The second-order valence-corrected chi connectivity index (χ2v) is 5.98. The summed E-state index contributed by atoms with van der Waals surface area (Å²) in [5.74, 6) is 0.621. The van der Waals surface area contributed by atoms with Gasteiger partial charge in [-0.3, -0.25) is 0 Å². The number of rotatable bonds is 4. The van der Waals surface area contributed by atoms with E-state index in [1.165, 1.54) is 0 Å². The van der Waals surface area contributed by atoms with Gasteiger partial charge in [-0.1, -0.05) is 20.8 Å². The molecule has 15 heavy (non-hydrogen) atoms. The van der Waals surface area contributed by atoms with Crippen LogP contribution in [0.25, 0.3) is 0 Å². The molecular formula is C12H21NOS. The summed E-state index contributed by atoms with van der Waals surface area (Å²) < 4.78 is 0. The van der Waals surface area contributed by atoms with E-state index in [9.17, 15) is 5.11 Å². The van der Waals surface area contributed by atoms with E-state index in [4.69, 9.17) is 0 Å². The van der Waals surface area contributed by atoms with Gasteiger partial charge in [-0.2, -0.15) is 0 Å². The van der Waals surface area contributed by atoms with Gasteiger partial charge < -0.3 is 5.11 Å². The van der Waals surface area contributed by atoms with Crippen LogP contribution in [0.1, 0.15) is 50.2 Å². The molecule has 0 radical (unpaired) electrons. The van der Waals surface area contributed by atoms with E-state index in [-0.39, 0.29) is 0 Å². The molecule has 0 aliphatic carbocycles. The van der Waals surface area contributed by atoms with Gasteiger partial charge in [0.25, 0.3) is 0 Å². The van der Waals surface area contributed by atoms with E-state index in [1.54, 1.807) is 11.3 Å². The van der Waals surface area contributed by atoms with Gasteiger partial charge in [0, 0.05) is 6.42 Å². The molecule has 0 bridgehead atoms. The summed E-state index contributed by atoms with van der Waals surface area (Å²) in [5.41, 5.74) is 0.307. The number of thiazole rings is 1. The molecular weight excluding hydrogens is 206 g/mol. The Morgan fingerprint density at radius 1 is 1.40 bits per heavy atom. The predicted octanol–water partition coefficient (Wildman–Crippen LogP) is 3.13. The summed E-state index contributed by atoms with van der Waals surface area (Å²) in [7, 11) is 0. The van der Waals surface area contributed by atoms with Gasteiger partial charge in [0.15, 0.2) is 0 Å². The van der Waals surface area contributed by atoms with E-state index in [2.05, 4.69) is 25.8 Å². The van der Waals surface area contributed by atoms with Gasteiger partial charge >= 0.3 is 0 Å². The van der Waals surface area contributed by atoms with E-state index < -0.39 is 5.60 Å². The maximum Gasteiger partial charge on any atom is 0.0950 e. The van der Waals surface area contributed by atoms with Gasteiger partial charge in [-0.25, -0.2) is 4.98 Å². The lowest BCUT2D eigenvalue weighted by molar-refractivity contribution is 0.0814. The zero-order valence-corrected chi connectivity index (χ0v) is 11.1. The average molecular weight is 227 g/mol. The molecule has 86 valence electrons. The zero-order chi connectivity index (χ0) is 11.6. The molecule has 1 N–H and O–H groups in total. The first-order chi connectivity index (χ1) is 6.84. The molecule has 0 aromatic carbocycles. The first kappa shape index (κ1) is 12.7. The smallest absolute Gasteiger partial charge is 0.0950 e. The molecule has 1 aromatic heterocycles. The number of aromatic nitrogens is 1. The first-order valence-corrected chi connectivity index (χ1v) is 6.37. The van der Waals surface area contributed by atoms with Crippen LogP contribution in [0, 0.1) is 5.92 Å². The highest BCUT2D eigenvalue weighted by atomic mass is 32.1.